The molecule has 0 radical (unpaired) electrons. The summed E-state index contributed by atoms with van der Waals surface area (Å²) in [4.78, 5) is 15.9. The zero-order chi connectivity index (χ0) is 18.8. The zero-order valence-electron chi connectivity index (χ0n) is 15.3. The molecule has 0 fully saturated rings. The van der Waals surface area contributed by atoms with Gasteiger partial charge in [-0.25, -0.2) is 4.99 Å². The summed E-state index contributed by atoms with van der Waals surface area (Å²) in [6.07, 6.45) is 0. The second-order valence-electron chi connectivity index (χ2n) is 5.65. The number of primary amides is 1. The molecule has 0 bridgehead atoms. The van der Waals surface area contributed by atoms with Crippen molar-refractivity contribution in [2.45, 2.75) is 26.9 Å². The summed E-state index contributed by atoms with van der Waals surface area (Å²) in [6.45, 7) is 6.41. The number of aliphatic imine (C=N–C) groups is 1. The number of amides is 1. The first kappa shape index (κ1) is 19.3. The number of nitrogens with zero attached hydrogens (tertiary/aromatic N) is 1. The maximum atomic E-state index is 11.3. The lowest BCUT2D eigenvalue weighted by atomic mass is 10.1. The van der Waals surface area contributed by atoms with E-state index in [1.165, 1.54) is 0 Å². The first-order valence-corrected chi connectivity index (χ1v) is 8.75. The van der Waals surface area contributed by atoms with E-state index < -0.39 is 5.91 Å². The predicted molar refractivity (Wildman–Crippen MR) is 104 cm³/mol. The molecule has 0 heterocycles. The largest absolute Gasteiger partial charge is 0.494 e. The second-order valence-corrected chi connectivity index (χ2v) is 5.65. The van der Waals surface area contributed by atoms with Crippen LogP contribution in [-0.2, 0) is 13.1 Å². The Balaban J connectivity index is 2.05. The molecule has 0 aromatic heterocycles. The minimum atomic E-state index is -0.437. The molecular formula is C20H26N4O2. The Morgan fingerprint density at radius 2 is 1.92 bits per heavy atom. The van der Waals surface area contributed by atoms with Gasteiger partial charge in [-0.2, -0.15) is 0 Å². The first-order chi connectivity index (χ1) is 12.6. The van der Waals surface area contributed by atoms with Crippen LogP contribution in [0.25, 0.3) is 0 Å². The Morgan fingerprint density at radius 3 is 2.65 bits per heavy atom. The van der Waals surface area contributed by atoms with E-state index in [1.54, 1.807) is 12.1 Å². The number of hydrogen-bond donors (Lipinski definition) is 3. The van der Waals surface area contributed by atoms with Crippen LogP contribution < -0.4 is 21.1 Å². The lowest BCUT2D eigenvalue weighted by molar-refractivity contribution is 0.1000. The van der Waals surface area contributed by atoms with Gasteiger partial charge in [-0.3, -0.25) is 4.79 Å². The molecule has 6 nitrogen and oxygen atoms in total. The molecule has 0 spiro atoms. The summed E-state index contributed by atoms with van der Waals surface area (Å²) in [5.74, 6) is 1.13. The SMILES string of the molecule is CCNC(=NCc1cccc(C(N)=O)c1)NCc1ccccc1OCC. The third kappa shape index (κ3) is 5.81. The van der Waals surface area contributed by atoms with Crippen LogP contribution in [0.4, 0.5) is 0 Å². The van der Waals surface area contributed by atoms with E-state index in [2.05, 4.69) is 15.6 Å². The highest BCUT2D eigenvalue weighted by molar-refractivity contribution is 5.92. The fraction of sp³-hybridized carbons (Fsp3) is 0.300. The summed E-state index contributed by atoms with van der Waals surface area (Å²) >= 11 is 0. The number of nitrogens with two attached hydrogens (primary N) is 1. The van der Waals surface area contributed by atoms with Crippen molar-refractivity contribution in [3.63, 3.8) is 0 Å². The molecule has 138 valence electrons. The molecule has 0 saturated heterocycles. The minimum absolute atomic E-state index is 0.437. The summed E-state index contributed by atoms with van der Waals surface area (Å²) in [5, 5.41) is 6.53. The monoisotopic (exact) mass is 354 g/mol. The van der Waals surface area contributed by atoms with Crippen LogP contribution in [0.2, 0.25) is 0 Å². The van der Waals surface area contributed by atoms with E-state index in [0.717, 1.165) is 23.4 Å². The van der Waals surface area contributed by atoms with E-state index in [-0.39, 0.29) is 0 Å². The van der Waals surface area contributed by atoms with E-state index >= 15 is 0 Å². The van der Waals surface area contributed by atoms with Crippen LogP contribution in [0.5, 0.6) is 5.75 Å². The fourth-order valence-corrected chi connectivity index (χ4v) is 2.46. The number of benzene rings is 2. The van der Waals surface area contributed by atoms with Crippen molar-refractivity contribution in [2.24, 2.45) is 10.7 Å². The highest BCUT2D eigenvalue weighted by Gasteiger charge is 2.05. The first-order valence-electron chi connectivity index (χ1n) is 8.75. The number of rotatable bonds is 8. The van der Waals surface area contributed by atoms with Crippen LogP contribution in [-0.4, -0.2) is 25.0 Å². The van der Waals surface area contributed by atoms with Crippen LogP contribution in [0.1, 0.15) is 35.3 Å². The van der Waals surface area contributed by atoms with Crippen LogP contribution >= 0.6 is 0 Å². The van der Waals surface area contributed by atoms with Gasteiger partial charge in [0, 0.05) is 24.2 Å². The molecule has 2 aromatic carbocycles. The summed E-state index contributed by atoms with van der Waals surface area (Å²) in [7, 11) is 0. The van der Waals surface area contributed by atoms with Gasteiger partial charge >= 0.3 is 0 Å². The summed E-state index contributed by atoms with van der Waals surface area (Å²) < 4.78 is 5.65. The Hall–Kier alpha value is -3.02. The molecule has 0 saturated carbocycles. The molecule has 6 heteroatoms. The van der Waals surface area contributed by atoms with Crippen molar-refractivity contribution in [1.82, 2.24) is 10.6 Å². The number of hydrogen-bond acceptors (Lipinski definition) is 3. The van der Waals surface area contributed by atoms with E-state index in [0.29, 0.717) is 31.2 Å². The van der Waals surface area contributed by atoms with Gasteiger partial charge in [-0.05, 0) is 37.6 Å². The second kappa shape index (κ2) is 10.1. The molecule has 0 unspecified atom stereocenters. The Labute approximate surface area is 154 Å². The Morgan fingerprint density at radius 1 is 1.12 bits per heavy atom. The van der Waals surface area contributed by atoms with Gasteiger partial charge in [0.2, 0.25) is 5.91 Å². The molecular weight excluding hydrogens is 328 g/mol. The van der Waals surface area contributed by atoms with Gasteiger partial charge in [0.25, 0.3) is 0 Å². The Bertz CT molecular complexity index is 759. The van der Waals surface area contributed by atoms with Gasteiger partial charge in [0.05, 0.1) is 13.2 Å². The predicted octanol–water partition coefficient (Wildman–Crippen LogP) is 2.44. The van der Waals surface area contributed by atoms with Crippen LogP contribution in [0, 0.1) is 0 Å². The third-order valence-corrected chi connectivity index (χ3v) is 3.69. The molecule has 0 atom stereocenters. The number of guanidine groups is 1. The van der Waals surface area contributed by atoms with Crippen molar-refractivity contribution < 1.29 is 9.53 Å². The molecule has 2 aromatic rings. The number of ether oxygens (including phenoxy) is 1. The highest BCUT2D eigenvalue weighted by atomic mass is 16.5. The molecule has 2 rings (SSSR count). The molecule has 26 heavy (non-hydrogen) atoms. The van der Waals surface area contributed by atoms with Gasteiger partial charge in [-0.1, -0.05) is 30.3 Å². The summed E-state index contributed by atoms with van der Waals surface area (Å²) in [6, 6.07) is 15.1. The summed E-state index contributed by atoms with van der Waals surface area (Å²) in [5.41, 5.74) is 7.80. The molecule has 0 aliphatic rings. The quantitative estimate of drug-likeness (QED) is 0.502. The molecule has 0 aliphatic carbocycles. The van der Waals surface area contributed by atoms with Crippen molar-refractivity contribution in [2.75, 3.05) is 13.2 Å². The Kier molecular flexibility index (Phi) is 7.49. The van der Waals surface area contributed by atoms with E-state index in [9.17, 15) is 4.79 Å². The third-order valence-electron chi connectivity index (χ3n) is 3.69. The van der Waals surface area contributed by atoms with Crippen LogP contribution in [0.15, 0.2) is 53.5 Å². The maximum Gasteiger partial charge on any atom is 0.248 e. The van der Waals surface area contributed by atoms with Crippen molar-refractivity contribution in [1.29, 1.82) is 0 Å². The van der Waals surface area contributed by atoms with Crippen molar-refractivity contribution in [3.05, 3.63) is 65.2 Å². The van der Waals surface area contributed by atoms with Gasteiger partial charge in [-0.15, -0.1) is 0 Å². The average Bonchev–Trinajstić information content (AvgIpc) is 2.65. The average molecular weight is 354 g/mol. The lowest BCUT2D eigenvalue weighted by Gasteiger charge is -2.14. The molecule has 1 amide bonds. The van der Waals surface area contributed by atoms with E-state index in [4.69, 9.17) is 10.5 Å². The molecule has 4 N–H and O–H groups in total. The van der Waals surface area contributed by atoms with Crippen molar-refractivity contribution >= 4 is 11.9 Å². The van der Waals surface area contributed by atoms with Crippen molar-refractivity contribution in [3.8, 4) is 5.75 Å². The van der Waals surface area contributed by atoms with E-state index in [1.807, 2.05) is 50.2 Å². The maximum absolute atomic E-state index is 11.3. The smallest absolute Gasteiger partial charge is 0.248 e. The van der Waals surface area contributed by atoms with Crippen LogP contribution in [0.3, 0.4) is 0 Å². The zero-order valence-corrected chi connectivity index (χ0v) is 15.3. The normalized spacial score (nSPS) is 11.1. The lowest BCUT2D eigenvalue weighted by Crippen LogP contribution is -2.36. The number of nitrogens with one attached hydrogen (secondary N) is 2. The minimum Gasteiger partial charge on any atom is -0.494 e. The molecule has 0 aliphatic heterocycles. The fourth-order valence-electron chi connectivity index (χ4n) is 2.46. The van der Waals surface area contributed by atoms with Gasteiger partial charge < -0.3 is 21.1 Å². The highest BCUT2D eigenvalue weighted by Crippen LogP contribution is 2.17. The van der Waals surface area contributed by atoms with Gasteiger partial charge in [0.15, 0.2) is 5.96 Å². The standard InChI is InChI=1S/C20H26N4O2/c1-3-22-20(23-13-15-8-7-10-16(12-15)19(21)25)24-14-17-9-5-6-11-18(17)26-4-2/h5-12H,3-4,13-14H2,1-2H3,(H2,21,25)(H2,22,23,24). The van der Waals surface area contributed by atoms with Gasteiger partial charge in [0.1, 0.15) is 5.75 Å². The topological polar surface area (TPSA) is 88.7 Å². The number of carbonyl (C=O) groups is 1. The number of para-hydroxylation sites is 1. The number of carbonyl (C=O) groups excluding carboxylic acids is 1.